The minimum atomic E-state index is -0.398. The number of halogens is 1. The minimum Gasteiger partial charge on any atom is -0.376 e. The topological polar surface area (TPSA) is 88.8 Å². The molecule has 7 nitrogen and oxygen atoms in total. The van der Waals surface area contributed by atoms with Crippen molar-refractivity contribution in [3.63, 3.8) is 0 Å². The van der Waals surface area contributed by atoms with Gasteiger partial charge in [0.1, 0.15) is 0 Å². The Morgan fingerprint density at radius 3 is 2.71 bits per heavy atom. The lowest BCUT2D eigenvalue weighted by atomic mass is 10.2. The molecule has 2 N–H and O–H groups in total. The van der Waals surface area contributed by atoms with E-state index >= 15 is 0 Å². The van der Waals surface area contributed by atoms with E-state index in [1.165, 1.54) is 12.1 Å². The fourth-order valence-electron chi connectivity index (χ4n) is 2.33. The molecule has 1 aromatic carbocycles. The van der Waals surface area contributed by atoms with Gasteiger partial charge >= 0.3 is 0 Å². The fraction of sp³-hybridized carbons (Fsp3) is 0.562. The fourth-order valence-corrected chi connectivity index (χ4v) is 2.33. The number of benzene rings is 1. The van der Waals surface area contributed by atoms with Gasteiger partial charge in [-0.3, -0.25) is 10.1 Å². The van der Waals surface area contributed by atoms with Gasteiger partial charge in [0.2, 0.25) is 0 Å². The Hall–Kier alpha value is -1.42. The van der Waals surface area contributed by atoms with Crippen molar-refractivity contribution in [3.8, 4) is 0 Å². The van der Waals surface area contributed by atoms with Crippen molar-refractivity contribution in [2.24, 2.45) is 4.99 Å². The highest BCUT2D eigenvalue weighted by molar-refractivity contribution is 14.0. The molecule has 1 aliphatic heterocycles. The average Bonchev–Trinajstić information content (AvgIpc) is 3.08. The van der Waals surface area contributed by atoms with E-state index in [2.05, 4.69) is 22.5 Å². The van der Waals surface area contributed by atoms with Gasteiger partial charge in [0.25, 0.3) is 5.69 Å². The number of rotatable bonds is 7. The zero-order chi connectivity index (χ0) is 16.5. The Balaban J connectivity index is 0.00000288. The van der Waals surface area contributed by atoms with Crippen molar-refractivity contribution in [2.75, 3.05) is 19.7 Å². The van der Waals surface area contributed by atoms with Crippen molar-refractivity contribution in [3.05, 3.63) is 39.9 Å². The van der Waals surface area contributed by atoms with Crippen molar-refractivity contribution in [2.45, 2.75) is 38.8 Å². The number of aliphatic imine (C=N–C) groups is 1. The van der Waals surface area contributed by atoms with Gasteiger partial charge in [-0.25, -0.2) is 4.99 Å². The number of nitro benzene ring substituents is 1. The Bertz CT molecular complexity index is 531. The van der Waals surface area contributed by atoms with Crippen LogP contribution >= 0.6 is 24.0 Å². The summed E-state index contributed by atoms with van der Waals surface area (Å²) in [6.07, 6.45) is 3.46. The first-order valence-electron chi connectivity index (χ1n) is 8.06. The van der Waals surface area contributed by atoms with Gasteiger partial charge in [-0.15, -0.1) is 24.0 Å². The van der Waals surface area contributed by atoms with Gasteiger partial charge in [0, 0.05) is 31.8 Å². The van der Waals surface area contributed by atoms with Crippen molar-refractivity contribution >= 4 is 35.6 Å². The largest absolute Gasteiger partial charge is 0.376 e. The number of hydrogen-bond acceptors (Lipinski definition) is 4. The molecule has 1 fully saturated rings. The summed E-state index contributed by atoms with van der Waals surface area (Å²) >= 11 is 0. The number of ether oxygens (including phenoxy) is 1. The second kappa shape index (κ2) is 11.2. The molecule has 0 aliphatic carbocycles. The molecule has 1 aromatic rings. The van der Waals surface area contributed by atoms with Crippen LogP contribution in [0.1, 0.15) is 31.7 Å². The first-order valence-corrected chi connectivity index (χ1v) is 8.06. The van der Waals surface area contributed by atoms with E-state index in [1.54, 1.807) is 12.1 Å². The molecule has 0 spiro atoms. The highest BCUT2D eigenvalue weighted by atomic mass is 127. The summed E-state index contributed by atoms with van der Waals surface area (Å²) in [5.41, 5.74) is 1.03. The number of hydrogen-bond donors (Lipinski definition) is 2. The Kier molecular flexibility index (Phi) is 9.62. The molecule has 1 aliphatic rings. The first-order chi connectivity index (χ1) is 11.2. The third kappa shape index (κ3) is 7.00. The van der Waals surface area contributed by atoms with Gasteiger partial charge in [-0.05, 0) is 24.8 Å². The van der Waals surface area contributed by atoms with Crippen LogP contribution in [-0.4, -0.2) is 36.7 Å². The van der Waals surface area contributed by atoms with E-state index in [1.807, 2.05) is 0 Å². The maximum atomic E-state index is 10.7. The molecule has 1 atom stereocenters. The van der Waals surface area contributed by atoms with Crippen LogP contribution in [0.15, 0.2) is 29.3 Å². The molecule has 0 aromatic heterocycles. The minimum absolute atomic E-state index is 0. The molecule has 24 heavy (non-hydrogen) atoms. The third-order valence-electron chi connectivity index (χ3n) is 3.63. The normalized spacial score (nSPS) is 17.2. The second-order valence-electron chi connectivity index (χ2n) is 5.53. The highest BCUT2D eigenvalue weighted by Crippen LogP contribution is 2.13. The maximum absolute atomic E-state index is 10.7. The van der Waals surface area contributed by atoms with Gasteiger partial charge in [-0.2, -0.15) is 0 Å². The van der Waals surface area contributed by atoms with E-state index < -0.39 is 4.92 Å². The smallest absolute Gasteiger partial charge is 0.269 e. The number of nitrogens with one attached hydrogen (secondary N) is 2. The van der Waals surface area contributed by atoms with Crippen LogP contribution < -0.4 is 10.6 Å². The number of guanidine groups is 1. The summed E-state index contributed by atoms with van der Waals surface area (Å²) in [6, 6.07) is 6.48. The van der Waals surface area contributed by atoms with Crippen LogP contribution in [0.5, 0.6) is 0 Å². The van der Waals surface area contributed by atoms with Gasteiger partial charge in [-0.1, -0.05) is 19.1 Å². The van der Waals surface area contributed by atoms with Gasteiger partial charge in [0.05, 0.1) is 17.6 Å². The maximum Gasteiger partial charge on any atom is 0.269 e. The first kappa shape index (κ1) is 20.6. The third-order valence-corrected chi connectivity index (χ3v) is 3.63. The molecular weight excluding hydrogens is 423 g/mol. The molecule has 1 unspecified atom stereocenters. The quantitative estimate of drug-likeness (QED) is 0.220. The summed E-state index contributed by atoms with van der Waals surface area (Å²) in [5.74, 6) is 0.751. The SMILES string of the molecule is CCCNC(=NCc1ccc([N+](=O)[O-])cc1)NCC1CCCO1.I. The van der Waals surface area contributed by atoms with Crippen LogP contribution in [0, 0.1) is 10.1 Å². The molecule has 0 bridgehead atoms. The molecular formula is C16H25IN4O3. The second-order valence-corrected chi connectivity index (χ2v) is 5.53. The summed E-state index contributed by atoms with van der Waals surface area (Å²) in [5, 5.41) is 17.2. The van der Waals surface area contributed by atoms with E-state index in [9.17, 15) is 10.1 Å². The van der Waals surface area contributed by atoms with Crippen LogP contribution in [0.2, 0.25) is 0 Å². The molecule has 0 amide bonds. The monoisotopic (exact) mass is 448 g/mol. The standard InChI is InChI=1S/C16H24N4O3.HI/c1-2-9-17-16(19-12-15-4-3-10-23-15)18-11-13-5-7-14(8-6-13)20(21)22;/h5-8,15H,2-4,9-12H2,1H3,(H2,17,18,19);1H. The average molecular weight is 448 g/mol. The van der Waals surface area contributed by atoms with Crippen molar-refractivity contribution < 1.29 is 9.66 Å². The molecule has 134 valence electrons. The number of nitro groups is 1. The molecule has 2 rings (SSSR count). The lowest BCUT2D eigenvalue weighted by molar-refractivity contribution is -0.384. The molecule has 1 saturated heterocycles. The van der Waals surface area contributed by atoms with E-state index in [0.29, 0.717) is 6.54 Å². The van der Waals surface area contributed by atoms with Gasteiger partial charge in [0.15, 0.2) is 5.96 Å². The lowest BCUT2D eigenvalue weighted by Crippen LogP contribution is -2.41. The molecule has 0 radical (unpaired) electrons. The number of non-ortho nitro benzene ring substituents is 1. The van der Waals surface area contributed by atoms with Crippen LogP contribution in [0.25, 0.3) is 0 Å². The molecule has 0 saturated carbocycles. The van der Waals surface area contributed by atoms with E-state index in [-0.39, 0.29) is 35.8 Å². The van der Waals surface area contributed by atoms with E-state index in [0.717, 1.165) is 50.5 Å². The summed E-state index contributed by atoms with van der Waals surface area (Å²) < 4.78 is 5.60. The summed E-state index contributed by atoms with van der Waals surface area (Å²) in [6.45, 7) is 5.00. The number of nitrogens with zero attached hydrogens (tertiary/aromatic N) is 2. The zero-order valence-corrected chi connectivity index (χ0v) is 16.2. The van der Waals surface area contributed by atoms with Crippen LogP contribution in [0.4, 0.5) is 5.69 Å². The Morgan fingerprint density at radius 2 is 2.12 bits per heavy atom. The predicted molar refractivity (Wildman–Crippen MR) is 105 cm³/mol. The van der Waals surface area contributed by atoms with Crippen molar-refractivity contribution in [1.82, 2.24) is 10.6 Å². The predicted octanol–water partition coefficient (Wildman–Crippen LogP) is 2.84. The van der Waals surface area contributed by atoms with Gasteiger partial charge < -0.3 is 15.4 Å². The zero-order valence-electron chi connectivity index (χ0n) is 13.9. The summed E-state index contributed by atoms with van der Waals surface area (Å²) in [4.78, 5) is 14.8. The summed E-state index contributed by atoms with van der Waals surface area (Å²) in [7, 11) is 0. The Morgan fingerprint density at radius 1 is 1.38 bits per heavy atom. The lowest BCUT2D eigenvalue weighted by Gasteiger charge is -2.15. The van der Waals surface area contributed by atoms with Crippen LogP contribution in [-0.2, 0) is 11.3 Å². The van der Waals surface area contributed by atoms with Crippen LogP contribution in [0.3, 0.4) is 0 Å². The van der Waals surface area contributed by atoms with E-state index in [4.69, 9.17) is 4.74 Å². The molecule has 1 heterocycles. The molecule has 8 heteroatoms. The highest BCUT2D eigenvalue weighted by Gasteiger charge is 2.15. The Labute approximate surface area is 159 Å². The van der Waals surface area contributed by atoms with Crippen molar-refractivity contribution in [1.29, 1.82) is 0 Å².